The summed E-state index contributed by atoms with van der Waals surface area (Å²) in [4.78, 5) is 45.9. The third-order valence-corrected chi connectivity index (χ3v) is 9.57. The number of benzene rings is 3. The van der Waals surface area contributed by atoms with Crippen molar-refractivity contribution >= 4 is 49.5 Å². The molecule has 2 amide bonds. The van der Waals surface area contributed by atoms with Gasteiger partial charge in [0.2, 0.25) is 21.8 Å². The van der Waals surface area contributed by atoms with Crippen LogP contribution in [0.3, 0.4) is 0 Å². The van der Waals surface area contributed by atoms with E-state index in [1.807, 2.05) is 43.3 Å². The molecule has 0 unspecified atom stereocenters. The molecule has 2 heterocycles. The third-order valence-electron chi connectivity index (χ3n) is 8.27. The number of aromatic amines is 2. The molecule has 52 heavy (non-hydrogen) atoms. The van der Waals surface area contributed by atoms with Crippen molar-refractivity contribution in [1.82, 2.24) is 25.0 Å². The lowest BCUT2D eigenvalue weighted by Gasteiger charge is -2.17. The van der Waals surface area contributed by atoms with Crippen molar-refractivity contribution < 1.29 is 45.8 Å². The lowest BCUT2D eigenvalue weighted by atomic mass is 10.0. The van der Waals surface area contributed by atoms with E-state index in [9.17, 15) is 31.2 Å². The number of amides is 2. The number of rotatable bonds is 14. The average Bonchev–Trinajstić information content (AvgIpc) is 3.71. The number of carboxylic acids is 1. The van der Waals surface area contributed by atoms with E-state index in [4.69, 9.17) is 14.6 Å². The van der Waals surface area contributed by atoms with Gasteiger partial charge in [-0.15, -0.1) is 0 Å². The Labute approximate surface area is 298 Å². The molecular formula is C36H40F3N5O7S. The number of aryl methyl sites for hydroxylation is 1. The van der Waals surface area contributed by atoms with Gasteiger partial charge in [-0.25, -0.2) is 18.2 Å². The molecule has 5 aromatic rings. The van der Waals surface area contributed by atoms with E-state index in [0.29, 0.717) is 31.5 Å². The van der Waals surface area contributed by atoms with E-state index in [1.165, 1.54) is 6.92 Å². The monoisotopic (exact) mass is 743 g/mol. The van der Waals surface area contributed by atoms with Gasteiger partial charge in [-0.05, 0) is 67.3 Å². The summed E-state index contributed by atoms with van der Waals surface area (Å²) in [6.45, 7) is 3.44. The molecule has 12 nitrogen and oxygen atoms in total. The first-order valence-corrected chi connectivity index (χ1v) is 18.1. The summed E-state index contributed by atoms with van der Waals surface area (Å²) in [6, 6.07) is 19.8. The summed E-state index contributed by atoms with van der Waals surface area (Å²) >= 11 is 0. The molecule has 1 atom stereocenters. The van der Waals surface area contributed by atoms with Crippen LogP contribution in [-0.2, 0) is 30.8 Å². The van der Waals surface area contributed by atoms with Crippen LogP contribution in [0.4, 0.5) is 13.2 Å². The number of ether oxygens (including phenoxy) is 1. The fourth-order valence-electron chi connectivity index (χ4n) is 5.52. The van der Waals surface area contributed by atoms with Crippen LogP contribution in [0.2, 0.25) is 0 Å². The van der Waals surface area contributed by atoms with Gasteiger partial charge in [0.25, 0.3) is 0 Å². The van der Waals surface area contributed by atoms with Crippen LogP contribution >= 0.6 is 0 Å². The van der Waals surface area contributed by atoms with Crippen LogP contribution < -0.4 is 14.8 Å². The van der Waals surface area contributed by atoms with Crippen molar-refractivity contribution in [3.63, 3.8) is 0 Å². The molecule has 0 fully saturated rings. The predicted octanol–water partition coefficient (Wildman–Crippen LogP) is 6.48. The largest absolute Gasteiger partial charge is 0.497 e. The van der Waals surface area contributed by atoms with Gasteiger partial charge in [-0.1, -0.05) is 49.2 Å². The number of alkyl halides is 3. The first kappa shape index (κ1) is 39.4. The van der Waals surface area contributed by atoms with Crippen molar-refractivity contribution in [3.05, 3.63) is 83.9 Å². The minimum absolute atomic E-state index is 0.117. The molecule has 0 saturated carbocycles. The summed E-state index contributed by atoms with van der Waals surface area (Å²) in [6.07, 6.45) is -0.492. The normalized spacial score (nSPS) is 12.2. The van der Waals surface area contributed by atoms with Crippen LogP contribution in [0.5, 0.6) is 5.75 Å². The van der Waals surface area contributed by atoms with E-state index in [0.717, 1.165) is 49.9 Å². The van der Waals surface area contributed by atoms with Gasteiger partial charge in [0.15, 0.2) is 0 Å². The SMILES string of the molecule is CCS(=O)(=O)NC(=O)CCCCC[C@H](NC(=O)Cc1c(C)[nH]c2ccc(OC)cc12)c1ncc(-c2ccc3ccccc3c2)[nH]1.O=C(O)C(F)(F)F. The highest BCUT2D eigenvalue weighted by molar-refractivity contribution is 7.90. The number of carbonyl (C=O) groups excluding carboxylic acids is 2. The summed E-state index contributed by atoms with van der Waals surface area (Å²) in [7, 11) is -1.95. The Kier molecular flexibility index (Phi) is 13.1. The molecule has 0 bridgehead atoms. The number of aliphatic carboxylic acids is 1. The standard InChI is InChI=1S/C34H39N5O5S.C2HF3O2/c1-4-45(42,43)39-32(40)13-7-5-6-12-30(34-35-21-31(38-34)25-15-14-23-10-8-9-11-24(23)18-25)37-33(41)20-27-22(2)36-29-17-16-26(44-3)19-28(27)29;3-2(4,5)1(6)7/h8-11,14-19,21,30,36H,4-7,12-13,20H2,1-3H3,(H,35,38)(H,37,41)(H,39,40);(H,6,7)/t30-;/m0./s1. The van der Waals surface area contributed by atoms with Gasteiger partial charge < -0.3 is 25.1 Å². The highest BCUT2D eigenvalue weighted by atomic mass is 32.2. The number of carbonyl (C=O) groups is 3. The number of nitrogens with zero attached hydrogens (tertiary/aromatic N) is 1. The summed E-state index contributed by atoms with van der Waals surface area (Å²) in [5.41, 5.74) is 4.61. The fraction of sp³-hybridized carbons (Fsp3) is 0.333. The zero-order chi connectivity index (χ0) is 38.1. The molecule has 0 radical (unpaired) electrons. The highest BCUT2D eigenvalue weighted by Gasteiger charge is 2.38. The second-order valence-electron chi connectivity index (χ2n) is 12.0. The third kappa shape index (κ3) is 10.8. The zero-order valence-electron chi connectivity index (χ0n) is 28.8. The van der Waals surface area contributed by atoms with Gasteiger partial charge in [0.05, 0.1) is 37.2 Å². The van der Waals surface area contributed by atoms with Crippen molar-refractivity contribution in [1.29, 1.82) is 0 Å². The van der Waals surface area contributed by atoms with Crippen LogP contribution in [0.25, 0.3) is 32.9 Å². The summed E-state index contributed by atoms with van der Waals surface area (Å²) in [5.74, 6) is -2.17. The van der Waals surface area contributed by atoms with Gasteiger partial charge in [0, 0.05) is 28.6 Å². The van der Waals surface area contributed by atoms with Crippen LogP contribution in [0.1, 0.15) is 62.2 Å². The van der Waals surface area contributed by atoms with Gasteiger partial charge in [0.1, 0.15) is 11.6 Å². The number of fused-ring (bicyclic) bond motifs is 2. The van der Waals surface area contributed by atoms with Crippen molar-refractivity contribution in [3.8, 4) is 17.0 Å². The molecule has 16 heteroatoms. The van der Waals surface area contributed by atoms with E-state index >= 15 is 0 Å². The molecule has 0 spiro atoms. The number of aromatic nitrogens is 3. The number of methoxy groups -OCH3 is 1. The lowest BCUT2D eigenvalue weighted by molar-refractivity contribution is -0.192. The van der Waals surface area contributed by atoms with Gasteiger partial charge in [-0.3, -0.25) is 14.3 Å². The molecule has 278 valence electrons. The molecule has 0 aliphatic carbocycles. The van der Waals surface area contributed by atoms with Gasteiger partial charge in [-0.2, -0.15) is 13.2 Å². The lowest BCUT2D eigenvalue weighted by Crippen LogP contribution is -2.31. The Hall–Kier alpha value is -5.38. The first-order valence-electron chi connectivity index (χ1n) is 16.4. The number of halogens is 3. The minimum atomic E-state index is -5.08. The molecule has 0 aliphatic heterocycles. The second-order valence-corrected chi connectivity index (χ2v) is 14.0. The maximum absolute atomic E-state index is 13.5. The Bertz CT molecular complexity index is 2140. The van der Waals surface area contributed by atoms with Crippen molar-refractivity contribution in [2.45, 2.75) is 64.6 Å². The number of nitrogens with one attached hydrogen (secondary N) is 4. The van der Waals surface area contributed by atoms with E-state index in [1.54, 1.807) is 13.3 Å². The van der Waals surface area contributed by atoms with Gasteiger partial charge >= 0.3 is 12.1 Å². The van der Waals surface area contributed by atoms with Crippen molar-refractivity contribution in [2.24, 2.45) is 0 Å². The fourth-order valence-corrected chi connectivity index (χ4v) is 6.12. The number of hydrogen-bond donors (Lipinski definition) is 5. The Balaban J connectivity index is 0.000000785. The highest BCUT2D eigenvalue weighted by Crippen LogP contribution is 2.29. The number of unbranched alkanes of at least 4 members (excludes halogenated alkanes) is 2. The zero-order valence-corrected chi connectivity index (χ0v) is 29.6. The number of carboxylic acid groups (broad SMARTS) is 1. The Morgan fingerprint density at radius 3 is 2.35 bits per heavy atom. The molecule has 5 N–H and O–H groups in total. The van der Waals surface area contributed by atoms with Crippen LogP contribution in [0, 0.1) is 6.92 Å². The molecule has 0 aliphatic rings. The maximum atomic E-state index is 13.5. The number of H-pyrrole nitrogens is 2. The molecule has 2 aromatic heterocycles. The summed E-state index contributed by atoms with van der Waals surface area (Å²) in [5, 5.41) is 13.5. The Morgan fingerprint density at radius 2 is 1.67 bits per heavy atom. The quantitative estimate of drug-likeness (QED) is 0.0801. The average molecular weight is 744 g/mol. The van der Waals surface area contributed by atoms with E-state index < -0.39 is 28.1 Å². The number of imidazole rings is 1. The molecular weight excluding hydrogens is 703 g/mol. The second kappa shape index (κ2) is 17.2. The van der Waals surface area contributed by atoms with Crippen LogP contribution in [-0.4, -0.2) is 65.3 Å². The Morgan fingerprint density at radius 1 is 0.962 bits per heavy atom. The first-order chi connectivity index (χ1) is 24.6. The minimum Gasteiger partial charge on any atom is -0.497 e. The maximum Gasteiger partial charge on any atom is 0.490 e. The van der Waals surface area contributed by atoms with E-state index in [-0.39, 0.29) is 30.5 Å². The van der Waals surface area contributed by atoms with E-state index in [2.05, 4.69) is 49.3 Å². The number of hydrogen-bond acceptors (Lipinski definition) is 7. The van der Waals surface area contributed by atoms with Crippen molar-refractivity contribution in [2.75, 3.05) is 12.9 Å². The summed E-state index contributed by atoms with van der Waals surface area (Å²) < 4.78 is 62.6. The molecule has 5 rings (SSSR count). The molecule has 3 aromatic carbocycles. The van der Waals surface area contributed by atoms with Crippen LogP contribution in [0.15, 0.2) is 66.9 Å². The topological polar surface area (TPSA) is 183 Å². The predicted molar refractivity (Wildman–Crippen MR) is 190 cm³/mol. The smallest absolute Gasteiger partial charge is 0.490 e. The number of sulfonamides is 1. The molecule has 0 saturated heterocycles.